The lowest BCUT2D eigenvalue weighted by molar-refractivity contribution is 0.278. The maximum atomic E-state index is 11.3. The number of hydrogen-bond acceptors (Lipinski definition) is 4. The molecule has 0 bridgehead atoms. The number of aromatic nitrogens is 4. The van der Waals surface area contributed by atoms with E-state index in [-0.39, 0.29) is 5.69 Å². The minimum atomic E-state index is -0.253. The fourth-order valence-electron chi connectivity index (χ4n) is 3.00. The van der Waals surface area contributed by atoms with Gasteiger partial charge in [-0.25, -0.2) is 19.3 Å². The summed E-state index contributed by atoms with van der Waals surface area (Å²) in [6, 6.07) is 1.80. The van der Waals surface area contributed by atoms with E-state index in [0.717, 1.165) is 24.2 Å². The fourth-order valence-corrected chi connectivity index (χ4v) is 3.00. The third kappa shape index (κ3) is 2.69. The summed E-state index contributed by atoms with van der Waals surface area (Å²) in [7, 11) is 0. The molecule has 2 heterocycles. The van der Waals surface area contributed by atoms with Crippen molar-refractivity contribution >= 4 is 11.5 Å². The molecule has 0 spiro atoms. The van der Waals surface area contributed by atoms with E-state index in [9.17, 15) is 4.79 Å². The van der Waals surface area contributed by atoms with Crippen LogP contribution in [0.2, 0.25) is 0 Å². The van der Waals surface area contributed by atoms with Crippen LogP contribution in [0, 0.1) is 11.8 Å². The number of fused-ring (bicyclic) bond motifs is 1. The van der Waals surface area contributed by atoms with Gasteiger partial charge >= 0.3 is 5.69 Å². The Kier molecular flexibility index (Phi) is 3.71. The summed E-state index contributed by atoms with van der Waals surface area (Å²) in [6.07, 6.45) is 8.13. The van der Waals surface area contributed by atoms with E-state index in [1.54, 1.807) is 6.07 Å². The molecule has 108 valence electrons. The lowest BCUT2D eigenvalue weighted by atomic mass is 9.81. The topological polar surface area (TPSA) is 75.1 Å². The van der Waals surface area contributed by atoms with E-state index in [1.165, 1.54) is 42.8 Å². The molecule has 20 heavy (non-hydrogen) atoms. The maximum Gasteiger partial charge on any atom is 0.348 e. The maximum absolute atomic E-state index is 11.3. The van der Waals surface area contributed by atoms with Crippen LogP contribution in [0.5, 0.6) is 0 Å². The molecule has 0 radical (unpaired) electrons. The summed E-state index contributed by atoms with van der Waals surface area (Å²) < 4.78 is 1.40. The number of nitrogens with zero attached hydrogens (tertiary/aromatic N) is 3. The lowest BCUT2D eigenvalue weighted by Crippen LogP contribution is -2.21. The summed E-state index contributed by atoms with van der Waals surface area (Å²) in [6.45, 7) is 3.24. The van der Waals surface area contributed by atoms with E-state index in [4.69, 9.17) is 0 Å². The van der Waals surface area contributed by atoms with Gasteiger partial charge in [-0.3, -0.25) is 0 Å². The van der Waals surface area contributed by atoms with Gasteiger partial charge in [0.15, 0.2) is 5.65 Å². The monoisotopic (exact) mass is 275 g/mol. The van der Waals surface area contributed by atoms with Crippen LogP contribution in [0.4, 0.5) is 5.82 Å². The molecule has 6 nitrogen and oxygen atoms in total. The third-order valence-electron chi connectivity index (χ3n) is 4.43. The normalized spacial score (nSPS) is 23.1. The predicted molar refractivity (Wildman–Crippen MR) is 77.8 cm³/mol. The molecule has 1 aliphatic rings. The molecule has 1 saturated carbocycles. The first-order chi connectivity index (χ1) is 9.76. The smallest absolute Gasteiger partial charge is 0.348 e. The molecule has 0 unspecified atom stereocenters. The van der Waals surface area contributed by atoms with Crippen molar-refractivity contribution in [1.29, 1.82) is 0 Å². The highest BCUT2D eigenvalue weighted by Crippen LogP contribution is 2.30. The second kappa shape index (κ2) is 5.64. The van der Waals surface area contributed by atoms with E-state index in [2.05, 4.69) is 27.4 Å². The Morgan fingerprint density at radius 2 is 2.10 bits per heavy atom. The van der Waals surface area contributed by atoms with Crippen molar-refractivity contribution in [3.8, 4) is 0 Å². The SMILES string of the molecule is CCC1CCC(CNc2cc3n[nH]c(=O)n3cn2)CC1. The molecule has 2 aromatic rings. The standard InChI is InChI=1S/C14H21N5O/c1-2-10-3-5-11(6-4-10)8-15-12-7-13-17-18-14(20)19(13)9-16-12/h7,9-11,15H,2-6,8H2,1H3,(H,18,20). The van der Waals surface area contributed by atoms with Crippen LogP contribution in [-0.2, 0) is 0 Å². The van der Waals surface area contributed by atoms with Crippen LogP contribution < -0.4 is 11.0 Å². The van der Waals surface area contributed by atoms with Gasteiger partial charge in [-0.15, -0.1) is 0 Å². The summed E-state index contributed by atoms with van der Waals surface area (Å²) >= 11 is 0. The zero-order chi connectivity index (χ0) is 13.9. The van der Waals surface area contributed by atoms with E-state index < -0.39 is 0 Å². The van der Waals surface area contributed by atoms with Gasteiger partial charge in [0.25, 0.3) is 0 Å². The quantitative estimate of drug-likeness (QED) is 0.895. The molecule has 6 heteroatoms. The van der Waals surface area contributed by atoms with E-state index in [0.29, 0.717) is 5.65 Å². The van der Waals surface area contributed by atoms with Crippen LogP contribution in [0.3, 0.4) is 0 Å². The molecule has 3 rings (SSSR count). The van der Waals surface area contributed by atoms with Gasteiger partial charge in [0.2, 0.25) is 0 Å². The van der Waals surface area contributed by atoms with E-state index >= 15 is 0 Å². The summed E-state index contributed by atoms with van der Waals surface area (Å²) in [5, 5.41) is 9.72. The van der Waals surface area contributed by atoms with Crippen molar-refractivity contribution < 1.29 is 0 Å². The Balaban J connectivity index is 1.58. The van der Waals surface area contributed by atoms with Gasteiger partial charge in [0, 0.05) is 12.6 Å². The van der Waals surface area contributed by atoms with Crippen molar-refractivity contribution in [1.82, 2.24) is 19.6 Å². The molecule has 2 N–H and O–H groups in total. The van der Waals surface area contributed by atoms with Gasteiger partial charge in [0.1, 0.15) is 12.1 Å². The first-order valence-corrected chi connectivity index (χ1v) is 7.43. The molecule has 0 saturated heterocycles. The van der Waals surface area contributed by atoms with Gasteiger partial charge in [-0.2, -0.15) is 5.10 Å². The van der Waals surface area contributed by atoms with Crippen LogP contribution in [-0.4, -0.2) is 26.1 Å². The van der Waals surface area contributed by atoms with Crippen molar-refractivity contribution in [3.05, 3.63) is 22.9 Å². The third-order valence-corrected chi connectivity index (χ3v) is 4.43. The highest BCUT2D eigenvalue weighted by molar-refractivity contribution is 5.48. The Bertz CT molecular complexity index is 624. The lowest BCUT2D eigenvalue weighted by Gasteiger charge is -2.27. The highest BCUT2D eigenvalue weighted by atomic mass is 16.1. The van der Waals surface area contributed by atoms with Crippen LogP contribution >= 0.6 is 0 Å². The Hall–Kier alpha value is -1.85. The Morgan fingerprint density at radius 3 is 2.85 bits per heavy atom. The summed E-state index contributed by atoms with van der Waals surface area (Å²) in [5.41, 5.74) is 0.346. The molecule has 0 atom stereocenters. The van der Waals surface area contributed by atoms with Crippen molar-refractivity contribution in [2.24, 2.45) is 11.8 Å². The second-order valence-electron chi connectivity index (χ2n) is 5.71. The molecular formula is C14H21N5O. The molecule has 0 aliphatic heterocycles. The van der Waals surface area contributed by atoms with Crippen LogP contribution in [0.15, 0.2) is 17.2 Å². The first kappa shape index (κ1) is 13.1. The van der Waals surface area contributed by atoms with Gasteiger partial charge in [-0.05, 0) is 24.7 Å². The number of rotatable bonds is 4. The van der Waals surface area contributed by atoms with Crippen LogP contribution in [0.25, 0.3) is 5.65 Å². The summed E-state index contributed by atoms with van der Waals surface area (Å²) in [4.78, 5) is 15.6. The molecule has 1 fully saturated rings. The number of anilines is 1. The molecule has 2 aromatic heterocycles. The zero-order valence-corrected chi connectivity index (χ0v) is 11.8. The van der Waals surface area contributed by atoms with Crippen molar-refractivity contribution in [2.75, 3.05) is 11.9 Å². The second-order valence-corrected chi connectivity index (χ2v) is 5.71. The number of nitrogens with one attached hydrogen (secondary N) is 2. The Labute approximate surface area is 117 Å². The Morgan fingerprint density at radius 1 is 1.35 bits per heavy atom. The minimum Gasteiger partial charge on any atom is -0.370 e. The fraction of sp³-hybridized carbons (Fsp3) is 0.643. The summed E-state index contributed by atoms with van der Waals surface area (Å²) in [5.74, 6) is 2.45. The average molecular weight is 275 g/mol. The van der Waals surface area contributed by atoms with Crippen molar-refractivity contribution in [2.45, 2.75) is 39.0 Å². The van der Waals surface area contributed by atoms with Gasteiger partial charge < -0.3 is 5.32 Å². The van der Waals surface area contributed by atoms with Gasteiger partial charge in [-0.1, -0.05) is 26.2 Å². The predicted octanol–water partition coefficient (Wildman–Crippen LogP) is 2.05. The van der Waals surface area contributed by atoms with E-state index in [1.807, 2.05) is 0 Å². The van der Waals surface area contributed by atoms with Gasteiger partial charge in [0.05, 0.1) is 0 Å². The first-order valence-electron chi connectivity index (χ1n) is 7.43. The molecule has 0 amide bonds. The number of hydrogen-bond donors (Lipinski definition) is 2. The largest absolute Gasteiger partial charge is 0.370 e. The number of aromatic amines is 1. The number of H-pyrrole nitrogens is 1. The molecule has 1 aliphatic carbocycles. The highest BCUT2D eigenvalue weighted by Gasteiger charge is 2.19. The minimum absolute atomic E-state index is 0.253. The zero-order valence-electron chi connectivity index (χ0n) is 11.8. The molecule has 0 aromatic carbocycles. The van der Waals surface area contributed by atoms with Crippen molar-refractivity contribution in [3.63, 3.8) is 0 Å². The molecular weight excluding hydrogens is 254 g/mol. The van der Waals surface area contributed by atoms with Crippen LogP contribution in [0.1, 0.15) is 39.0 Å². The average Bonchev–Trinajstić information content (AvgIpc) is 2.87.